The lowest BCUT2D eigenvalue weighted by atomic mass is 9.86. The summed E-state index contributed by atoms with van der Waals surface area (Å²) in [5, 5.41) is 15.5. The molecule has 3 heteroatoms. The molecule has 0 bridgehead atoms. The first-order chi connectivity index (χ1) is 25.2. The van der Waals surface area contributed by atoms with Crippen molar-refractivity contribution in [2.45, 2.75) is 13.5 Å². The van der Waals surface area contributed by atoms with Crippen LogP contribution < -0.4 is 0 Å². The molecule has 0 saturated heterocycles. The fourth-order valence-corrected chi connectivity index (χ4v) is 8.60. The van der Waals surface area contributed by atoms with Crippen molar-refractivity contribution in [1.82, 2.24) is 14.5 Å². The van der Waals surface area contributed by atoms with Crippen LogP contribution in [0.2, 0.25) is 0 Å². The average Bonchev–Trinajstić information content (AvgIpc) is 3.57. The standard InChI is InChI=1S/C48H31N3/c1-2-51-43-24-22-33(27-42(43)50-48(51)32-9-4-3-5-10-32)41-23-21-35(28-49-41)36-25-34-20-19-31-12-7-15-38-37-14-6-11-29-17-18-30-13-8-16-39(46(30)44(29)37)40(26-36)47(34)45(31)38/h3-28H,2H2,1H3. The van der Waals surface area contributed by atoms with E-state index in [-0.39, 0.29) is 0 Å². The molecular weight excluding hydrogens is 619 g/mol. The normalized spacial score (nSPS) is 12.1. The van der Waals surface area contributed by atoms with Crippen molar-refractivity contribution in [3.8, 4) is 33.8 Å². The van der Waals surface area contributed by atoms with Crippen LogP contribution in [0.4, 0.5) is 0 Å². The molecule has 11 rings (SSSR count). The number of rotatable bonds is 4. The zero-order chi connectivity index (χ0) is 33.6. The van der Waals surface area contributed by atoms with Crippen LogP contribution in [-0.4, -0.2) is 14.5 Å². The fourth-order valence-electron chi connectivity index (χ4n) is 8.60. The molecule has 0 atom stereocenters. The van der Waals surface area contributed by atoms with E-state index in [1.54, 1.807) is 0 Å². The van der Waals surface area contributed by atoms with Gasteiger partial charge in [0.25, 0.3) is 0 Å². The zero-order valence-corrected chi connectivity index (χ0v) is 28.1. The first kappa shape index (κ1) is 28.3. The molecule has 9 aromatic carbocycles. The molecule has 0 N–H and O–H groups in total. The third kappa shape index (κ3) is 4.12. The Hall–Kier alpha value is -6.58. The highest BCUT2D eigenvalue weighted by molar-refractivity contribution is 6.37. The lowest BCUT2D eigenvalue weighted by molar-refractivity contribution is 0.796. The second kappa shape index (κ2) is 10.7. The smallest absolute Gasteiger partial charge is 0.141 e. The highest BCUT2D eigenvalue weighted by Crippen LogP contribution is 2.44. The molecule has 11 aromatic rings. The lowest BCUT2D eigenvalue weighted by Crippen LogP contribution is -1.97. The van der Waals surface area contributed by atoms with Gasteiger partial charge < -0.3 is 4.57 Å². The first-order valence-electron chi connectivity index (χ1n) is 17.7. The Kier molecular flexibility index (Phi) is 5.94. The minimum absolute atomic E-state index is 0.855. The highest BCUT2D eigenvalue weighted by atomic mass is 15.1. The van der Waals surface area contributed by atoms with E-state index in [9.17, 15) is 0 Å². The number of fused-ring (bicyclic) bond motifs is 3. The monoisotopic (exact) mass is 649 g/mol. The van der Waals surface area contributed by atoms with Crippen LogP contribution in [0.25, 0.3) is 109 Å². The minimum atomic E-state index is 0.855. The molecule has 2 aromatic heterocycles. The molecule has 0 amide bonds. The SMILES string of the molecule is CCn1c(-c2ccccc2)nc2cc(-c3ccc(-c4cc5ccc6cccc7c8cccc9ccc%10cccc(c(c4)c5c67)c%10c98)cn3)ccc21. The van der Waals surface area contributed by atoms with Crippen molar-refractivity contribution in [2.24, 2.45) is 0 Å². The van der Waals surface area contributed by atoms with Gasteiger partial charge in [-0.1, -0.05) is 121 Å². The number of hydrogen-bond acceptors (Lipinski definition) is 2. The van der Waals surface area contributed by atoms with Gasteiger partial charge in [0.1, 0.15) is 5.82 Å². The van der Waals surface area contributed by atoms with Gasteiger partial charge in [0.05, 0.1) is 16.7 Å². The van der Waals surface area contributed by atoms with Crippen molar-refractivity contribution in [2.75, 3.05) is 0 Å². The molecule has 0 fully saturated rings. The summed E-state index contributed by atoms with van der Waals surface area (Å²) in [4.78, 5) is 10.1. The second-order valence-corrected chi connectivity index (χ2v) is 13.6. The summed E-state index contributed by atoms with van der Waals surface area (Å²) in [6.07, 6.45) is 2.03. The summed E-state index contributed by atoms with van der Waals surface area (Å²) in [7, 11) is 0. The number of aromatic nitrogens is 3. The molecule has 0 aliphatic rings. The maximum atomic E-state index is 5.07. The Balaban J connectivity index is 1.11. The Morgan fingerprint density at radius 1 is 0.451 bits per heavy atom. The van der Waals surface area contributed by atoms with E-state index in [0.29, 0.717) is 0 Å². The van der Waals surface area contributed by atoms with E-state index >= 15 is 0 Å². The molecule has 0 aliphatic heterocycles. The Bertz CT molecular complexity index is 3150. The largest absolute Gasteiger partial charge is 0.324 e. The van der Waals surface area contributed by atoms with Crippen LogP contribution in [0.15, 0.2) is 158 Å². The predicted molar refractivity (Wildman–Crippen MR) is 216 cm³/mol. The van der Waals surface area contributed by atoms with E-state index in [1.165, 1.54) is 64.6 Å². The van der Waals surface area contributed by atoms with Gasteiger partial charge in [-0.25, -0.2) is 4.98 Å². The summed E-state index contributed by atoms with van der Waals surface area (Å²) in [6.45, 7) is 3.03. The highest BCUT2D eigenvalue weighted by Gasteiger charge is 2.17. The van der Waals surface area contributed by atoms with E-state index in [4.69, 9.17) is 9.97 Å². The number of nitrogens with zero attached hydrogens (tertiary/aromatic N) is 3. The maximum Gasteiger partial charge on any atom is 0.141 e. The van der Waals surface area contributed by atoms with Crippen molar-refractivity contribution in [1.29, 1.82) is 0 Å². The van der Waals surface area contributed by atoms with Crippen LogP contribution in [0.1, 0.15) is 6.92 Å². The quantitative estimate of drug-likeness (QED) is 0.178. The van der Waals surface area contributed by atoms with Crippen LogP contribution in [0, 0.1) is 0 Å². The number of aryl methyl sites for hydroxylation is 1. The summed E-state index contributed by atoms with van der Waals surface area (Å²) in [5.41, 5.74) is 7.51. The van der Waals surface area contributed by atoms with Gasteiger partial charge >= 0.3 is 0 Å². The lowest BCUT2D eigenvalue weighted by Gasteiger charge is -2.17. The predicted octanol–water partition coefficient (Wildman–Crippen LogP) is 12.8. The topological polar surface area (TPSA) is 30.7 Å². The van der Waals surface area contributed by atoms with Crippen LogP contribution in [0.5, 0.6) is 0 Å². The van der Waals surface area contributed by atoms with E-state index in [1.807, 2.05) is 12.3 Å². The van der Waals surface area contributed by atoms with Gasteiger partial charge in [0.15, 0.2) is 0 Å². The molecule has 0 spiro atoms. The van der Waals surface area contributed by atoms with Crippen molar-refractivity contribution in [3.63, 3.8) is 0 Å². The van der Waals surface area contributed by atoms with E-state index in [2.05, 4.69) is 157 Å². The Labute approximate surface area is 294 Å². The number of pyridine rings is 1. The van der Waals surface area contributed by atoms with E-state index in [0.717, 1.165) is 51.4 Å². The van der Waals surface area contributed by atoms with Crippen molar-refractivity contribution >= 4 is 75.7 Å². The summed E-state index contributed by atoms with van der Waals surface area (Å²) in [6, 6.07) is 55.4. The Morgan fingerprint density at radius 3 is 1.69 bits per heavy atom. The zero-order valence-electron chi connectivity index (χ0n) is 28.1. The molecule has 2 heterocycles. The summed E-state index contributed by atoms with van der Waals surface area (Å²) in [5.74, 6) is 0.996. The molecule has 0 unspecified atom stereocenters. The third-order valence-electron chi connectivity index (χ3n) is 10.9. The van der Waals surface area contributed by atoms with Gasteiger partial charge in [-0.05, 0) is 107 Å². The molecular formula is C48H31N3. The molecule has 238 valence electrons. The van der Waals surface area contributed by atoms with Crippen molar-refractivity contribution in [3.05, 3.63) is 158 Å². The van der Waals surface area contributed by atoms with Crippen LogP contribution in [0.3, 0.4) is 0 Å². The molecule has 3 nitrogen and oxygen atoms in total. The molecule has 0 radical (unpaired) electrons. The average molecular weight is 650 g/mol. The summed E-state index contributed by atoms with van der Waals surface area (Å²) < 4.78 is 2.28. The van der Waals surface area contributed by atoms with Crippen LogP contribution >= 0.6 is 0 Å². The maximum absolute atomic E-state index is 5.07. The fraction of sp³-hybridized carbons (Fsp3) is 0.0417. The van der Waals surface area contributed by atoms with Gasteiger partial charge in [-0.15, -0.1) is 0 Å². The van der Waals surface area contributed by atoms with Gasteiger partial charge in [-0.2, -0.15) is 0 Å². The Morgan fingerprint density at radius 2 is 1.06 bits per heavy atom. The molecule has 0 saturated carbocycles. The van der Waals surface area contributed by atoms with E-state index < -0.39 is 0 Å². The third-order valence-corrected chi connectivity index (χ3v) is 10.9. The minimum Gasteiger partial charge on any atom is -0.324 e. The number of imidazole rings is 1. The van der Waals surface area contributed by atoms with Gasteiger partial charge in [0.2, 0.25) is 0 Å². The van der Waals surface area contributed by atoms with Crippen LogP contribution in [-0.2, 0) is 6.54 Å². The molecule has 51 heavy (non-hydrogen) atoms. The first-order valence-corrected chi connectivity index (χ1v) is 17.7. The number of hydrogen-bond donors (Lipinski definition) is 0. The second-order valence-electron chi connectivity index (χ2n) is 13.6. The number of benzene rings is 8. The summed E-state index contributed by atoms with van der Waals surface area (Å²) >= 11 is 0. The molecule has 0 aliphatic carbocycles. The van der Waals surface area contributed by atoms with Gasteiger partial charge in [0, 0.05) is 29.4 Å². The van der Waals surface area contributed by atoms with Gasteiger partial charge in [-0.3, -0.25) is 4.98 Å². The van der Waals surface area contributed by atoms with Crippen molar-refractivity contribution < 1.29 is 0 Å².